The number of carbonyl (C=O) groups is 1. The molecule has 22 heavy (non-hydrogen) atoms. The molecule has 1 amide bonds. The van der Waals surface area contributed by atoms with Crippen LogP contribution in [0.4, 0.5) is 0 Å². The van der Waals surface area contributed by atoms with Gasteiger partial charge in [-0.05, 0) is 50.6 Å². The second-order valence-corrected chi connectivity index (χ2v) is 7.49. The van der Waals surface area contributed by atoms with Gasteiger partial charge in [0.05, 0.1) is 10.9 Å². The highest BCUT2D eigenvalue weighted by Crippen LogP contribution is 2.14. The Balaban J connectivity index is 1.90. The van der Waals surface area contributed by atoms with E-state index in [9.17, 15) is 13.2 Å². The summed E-state index contributed by atoms with van der Waals surface area (Å²) in [7, 11) is -3.74. The normalized spacial score (nSPS) is 19.8. The van der Waals surface area contributed by atoms with E-state index in [1.165, 1.54) is 31.2 Å². The largest absolute Gasteiger partial charge is 0.353 e. The fourth-order valence-electron chi connectivity index (χ4n) is 2.28. The van der Waals surface area contributed by atoms with Crippen LogP contribution in [-0.4, -0.2) is 39.5 Å². The molecule has 122 valence electrons. The van der Waals surface area contributed by atoms with Crippen LogP contribution >= 0.6 is 11.6 Å². The first-order chi connectivity index (χ1) is 10.4. The molecular formula is C14H20ClN3O3S. The van der Waals surface area contributed by atoms with Gasteiger partial charge in [-0.15, -0.1) is 0 Å². The minimum absolute atomic E-state index is 0.0778. The molecular weight excluding hydrogens is 326 g/mol. The van der Waals surface area contributed by atoms with E-state index in [0.29, 0.717) is 11.6 Å². The average molecular weight is 346 g/mol. The van der Waals surface area contributed by atoms with Crippen molar-refractivity contribution in [1.29, 1.82) is 0 Å². The lowest BCUT2D eigenvalue weighted by Crippen LogP contribution is -2.47. The highest BCUT2D eigenvalue weighted by atomic mass is 35.5. The van der Waals surface area contributed by atoms with Crippen molar-refractivity contribution in [2.45, 2.75) is 36.7 Å². The summed E-state index contributed by atoms with van der Waals surface area (Å²) in [6, 6.07) is 5.21. The molecule has 1 heterocycles. The number of sulfonamides is 1. The van der Waals surface area contributed by atoms with Gasteiger partial charge in [0.2, 0.25) is 15.9 Å². The summed E-state index contributed by atoms with van der Waals surface area (Å²) in [5.41, 5.74) is 0. The Hall–Kier alpha value is -1.15. The van der Waals surface area contributed by atoms with Crippen LogP contribution in [0, 0.1) is 0 Å². The Morgan fingerprint density at radius 3 is 2.68 bits per heavy atom. The van der Waals surface area contributed by atoms with Crippen molar-refractivity contribution < 1.29 is 13.2 Å². The molecule has 1 aromatic carbocycles. The lowest BCUT2D eigenvalue weighted by atomic mass is 10.2. The van der Waals surface area contributed by atoms with Crippen molar-refractivity contribution in [2.24, 2.45) is 0 Å². The van der Waals surface area contributed by atoms with Crippen LogP contribution in [0.15, 0.2) is 29.2 Å². The van der Waals surface area contributed by atoms with Crippen LogP contribution < -0.4 is 15.4 Å². The number of hydrogen-bond acceptors (Lipinski definition) is 4. The number of rotatable bonds is 6. The third-order valence-corrected chi connectivity index (χ3v) is 5.34. The second-order valence-electron chi connectivity index (χ2n) is 5.34. The summed E-state index contributed by atoms with van der Waals surface area (Å²) in [4.78, 5) is 12.1. The molecule has 6 nitrogen and oxygen atoms in total. The summed E-state index contributed by atoms with van der Waals surface area (Å²) < 4.78 is 26.7. The quantitative estimate of drug-likeness (QED) is 0.714. The maximum absolute atomic E-state index is 12.2. The Morgan fingerprint density at radius 2 is 2.09 bits per heavy atom. The maximum Gasteiger partial charge on any atom is 0.241 e. The molecule has 1 fully saturated rings. The molecule has 8 heteroatoms. The van der Waals surface area contributed by atoms with E-state index in [4.69, 9.17) is 11.6 Å². The first-order valence-corrected chi connectivity index (χ1v) is 9.03. The van der Waals surface area contributed by atoms with Crippen molar-refractivity contribution in [3.05, 3.63) is 29.3 Å². The molecule has 0 aliphatic carbocycles. The molecule has 3 N–H and O–H groups in total. The van der Waals surface area contributed by atoms with Crippen molar-refractivity contribution in [3.63, 3.8) is 0 Å². The predicted octanol–water partition coefficient (Wildman–Crippen LogP) is 0.875. The summed E-state index contributed by atoms with van der Waals surface area (Å²) in [5.74, 6) is -0.341. The zero-order chi connectivity index (χ0) is 16.2. The standard InChI is InChI=1S/C14H20ClN3O3S/c1-10(14(19)17-9-12-3-2-8-16-12)18-22(20,21)13-6-4-11(15)5-7-13/h4-7,10,12,16,18H,2-3,8-9H2,1H3,(H,17,19). The highest BCUT2D eigenvalue weighted by molar-refractivity contribution is 7.89. The summed E-state index contributed by atoms with van der Waals surface area (Å²) in [5, 5.41) is 6.48. The molecule has 1 saturated heterocycles. The molecule has 0 bridgehead atoms. The number of hydrogen-bond donors (Lipinski definition) is 3. The van der Waals surface area contributed by atoms with Gasteiger partial charge in [0.25, 0.3) is 0 Å². The molecule has 2 rings (SSSR count). The van der Waals surface area contributed by atoms with Crippen molar-refractivity contribution in [1.82, 2.24) is 15.4 Å². The molecule has 1 aliphatic heterocycles. The van der Waals surface area contributed by atoms with Gasteiger partial charge >= 0.3 is 0 Å². The van der Waals surface area contributed by atoms with Crippen LogP contribution in [0.2, 0.25) is 5.02 Å². The smallest absolute Gasteiger partial charge is 0.241 e. The van der Waals surface area contributed by atoms with E-state index < -0.39 is 16.1 Å². The number of halogens is 1. The summed E-state index contributed by atoms with van der Waals surface area (Å²) >= 11 is 5.74. The van der Waals surface area contributed by atoms with Crippen molar-refractivity contribution in [2.75, 3.05) is 13.1 Å². The third-order valence-electron chi connectivity index (χ3n) is 3.53. The Labute approximate surface area is 135 Å². The second kappa shape index (κ2) is 7.41. The van der Waals surface area contributed by atoms with E-state index in [0.717, 1.165) is 19.4 Å². The number of benzene rings is 1. The minimum atomic E-state index is -3.74. The van der Waals surface area contributed by atoms with Crippen LogP contribution in [0.25, 0.3) is 0 Å². The van der Waals surface area contributed by atoms with Gasteiger partial charge < -0.3 is 10.6 Å². The van der Waals surface area contributed by atoms with Gasteiger partial charge in [-0.25, -0.2) is 8.42 Å². The molecule has 2 unspecified atom stereocenters. The number of carbonyl (C=O) groups excluding carboxylic acids is 1. The summed E-state index contributed by atoms with van der Waals surface area (Å²) in [6.45, 7) is 2.98. The molecule has 1 aliphatic rings. The van der Waals surface area contributed by atoms with Gasteiger partial charge in [-0.3, -0.25) is 4.79 Å². The first kappa shape index (κ1) is 17.2. The number of amides is 1. The Kier molecular flexibility index (Phi) is 5.80. The Bertz CT molecular complexity index is 613. The van der Waals surface area contributed by atoms with Crippen LogP contribution in [0.1, 0.15) is 19.8 Å². The Morgan fingerprint density at radius 1 is 1.41 bits per heavy atom. The molecule has 0 saturated carbocycles. The van der Waals surface area contributed by atoms with E-state index >= 15 is 0 Å². The first-order valence-electron chi connectivity index (χ1n) is 7.17. The topological polar surface area (TPSA) is 87.3 Å². The molecule has 0 radical (unpaired) electrons. The van der Waals surface area contributed by atoms with E-state index in [1.54, 1.807) is 0 Å². The van der Waals surface area contributed by atoms with Gasteiger partial charge in [-0.2, -0.15) is 4.72 Å². The lowest BCUT2D eigenvalue weighted by molar-refractivity contribution is -0.122. The van der Waals surface area contributed by atoms with E-state index in [1.807, 2.05) is 0 Å². The minimum Gasteiger partial charge on any atom is -0.353 e. The zero-order valence-corrected chi connectivity index (χ0v) is 13.9. The van der Waals surface area contributed by atoms with Gasteiger partial charge in [-0.1, -0.05) is 11.6 Å². The molecule has 0 aromatic heterocycles. The van der Waals surface area contributed by atoms with Gasteiger partial charge in [0, 0.05) is 17.6 Å². The van der Waals surface area contributed by atoms with Crippen LogP contribution in [0.5, 0.6) is 0 Å². The van der Waals surface area contributed by atoms with Gasteiger partial charge in [0.15, 0.2) is 0 Å². The SMILES string of the molecule is CC(NS(=O)(=O)c1ccc(Cl)cc1)C(=O)NCC1CCCN1. The highest BCUT2D eigenvalue weighted by Gasteiger charge is 2.23. The predicted molar refractivity (Wildman–Crippen MR) is 85.3 cm³/mol. The zero-order valence-electron chi connectivity index (χ0n) is 12.3. The molecule has 0 spiro atoms. The average Bonchev–Trinajstić information content (AvgIpc) is 2.98. The van der Waals surface area contributed by atoms with Crippen molar-refractivity contribution in [3.8, 4) is 0 Å². The molecule has 2 atom stereocenters. The van der Waals surface area contributed by atoms with Crippen LogP contribution in [-0.2, 0) is 14.8 Å². The monoisotopic (exact) mass is 345 g/mol. The summed E-state index contributed by atoms with van der Waals surface area (Å²) in [6.07, 6.45) is 2.12. The fraction of sp³-hybridized carbons (Fsp3) is 0.500. The lowest BCUT2D eigenvalue weighted by Gasteiger charge is -2.16. The number of nitrogens with one attached hydrogen (secondary N) is 3. The van der Waals surface area contributed by atoms with E-state index in [-0.39, 0.29) is 16.8 Å². The van der Waals surface area contributed by atoms with Crippen LogP contribution in [0.3, 0.4) is 0 Å². The fourth-order valence-corrected chi connectivity index (χ4v) is 3.60. The maximum atomic E-state index is 12.2. The van der Waals surface area contributed by atoms with E-state index in [2.05, 4.69) is 15.4 Å². The molecule has 1 aromatic rings. The third kappa shape index (κ3) is 4.67. The van der Waals surface area contributed by atoms with Gasteiger partial charge in [0.1, 0.15) is 0 Å². The van der Waals surface area contributed by atoms with Crippen molar-refractivity contribution >= 4 is 27.5 Å².